The van der Waals surface area contributed by atoms with Gasteiger partial charge in [-0.05, 0) is 56.4 Å². The molecule has 0 aliphatic rings. The van der Waals surface area contributed by atoms with E-state index in [4.69, 9.17) is 0 Å². The van der Waals surface area contributed by atoms with Crippen LogP contribution in [0.3, 0.4) is 0 Å². The zero-order valence-electron chi connectivity index (χ0n) is 20.4. The molecule has 166 valence electrons. The lowest BCUT2D eigenvalue weighted by molar-refractivity contribution is 0.430. The van der Waals surface area contributed by atoms with Crippen LogP contribution in [0.4, 0.5) is 0 Å². The van der Waals surface area contributed by atoms with Gasteiger partial charge in [0.2, 0.25) is 0 Å². The Morgan fingerprint density at radius 2 is 1.07 bits per heavy atom. The summed E-state index contributed by atoms with van der Waals surface area (Å²) in [4.78, 5) is 0. The summed E-state index contributed by atoms with van der Waals surface area (Å²) in [6.07, 6.45) is 15.9. The van der Waals surface area contributed by atoms with Crippen molar-refractivity contribution in [1.29, 1.82) is 0 Å². The molecule has 0 aromatic rings. The van der Waals surface area contributed by atoms with Gasteiger partial charge in [-0.2, -0.15) is 0 Å². The molecule has 0 bridgehead atoms. The lowest BCUT2D eigenvalue weighted by Crippen LogP contribution is -2.23. The van der Waals surface area contributed by atoms with Gasteiger partial charge in [0.05, 0.1) is 0 Å². The Hall–Kier alpha value is -0.560. The lowest BCUT2D eigenvalue weighted by atomic mass is 9.83. The number of hydrogen-bond acceptors (Lipinski definition) is 1. The van der Waals surface area contributed by atoms with E-state index in [1.807, 2.05) is 0 Å². The van der Waals surface area contributed by atoms with Crippen molar-refractivity contribution < 1.29 is 0 Å². The fourth-order valence-corrected chi connectivity index (χ4v) is 4.32. The largest absolute Gasteiger partial charge is 0.319 e. The highest BCUT2D eigenvalue weighted by molar-refractivity contribution is 5.05. The molecule has 1 nitrogen and oxygen atoms in total. The Kier molecular flexibility index (Phi) is 17.0. The van der Waals surface area contributed by atoms with Crippen LogP contribution in [0, 0.1) is 23.7 Å². The molecule has 0 fully saturated rings. The fraction of sp³-hybridized carbons (Fsp3) is 0.852. The molecule has 0 saturated heterocycles. The second kappa shape index (κ2) is 17.3. The van der Waals surface area contributed by atoms with Crippen molar-refractivity contribution in [1.82, 2.24) is 5.32 Å². The second-order valence-corrected chi connectivity index (χ2v) is 9.38. The van der Waals surface area contributed by atoms with Crippen LogP contribution >= 0.6 is 0 Å². The van der Waals surface area contributed by atoms with E-state index < -0.39 is 0 Å². The summed E-state index contributed by atoms with van der Waals surface area (Å²) in [6.45, 7) is 21.7. The van der Waals surface area contributed by atoms with E-state index in [1.165, 1.54) is 88.2 Å². The first-order valence-corrected chi connectivity index (χ1v) is 12.4. The number of allylic oxidation sites excluding steroid dienone is 1. The Morgan fingerprint density at radius 1 is 0.643 bits per heavy atom. The molecule has 0 aromatic heterocycles. The van der Waals surface area contributed by atoms with Crippen LogP contribution in [0.25, 0.3) is 0 Å². The summed E-state index contributed by atoms with van der Waals surface area (Å²) in [7, 11) is 2.07. The van der Waals surface area contributed by atoms with Crippen LogP contribution in [-0.2, 0) is 0 Å². The van der Waals surface area contributed by atoms with Gasteiger partial charge in [0.15, 0.2) is 0 Å². The van der Waals surface area contributed by atoms with E-state index in [9.17, 15) is 0 Å². The van der Waals surface area contributed by atoms with Crippen molar-refractivity contribution in [2.75, 3.05) is 13.6 Å². The number of hydrogen-bond donors (Lipinski definition) is 1. The molecular formula is C27H53N. The van der Waals surface area contributed by atoms with Crippen LogP contribution in [0.5, 0.6) is 0 Å². The van der Waals surface area contributed by atoms with Gasteiger partial charge in [-0.3, -0.25) is 0 Å². The van der Waals surface area contributed by atoms with Crippen LogP contribution in [0.1, 0.15) is 112 Å². The quantitative estimate of drug-likeness (QED) is 0.172. The SMILES string of the molecule is C=C(C(C)CCCC)C(C)CCCCCCC(C)C(=C)C(CCCC)CNC. The van der Waals surface area contributed by atoms with E-state index in [0.29, 0.717) is 23.7 Å². The van der Waals surface area contributed by atoms with E-state index in [1.54, 1.807) is 0 Å². The highest BCUT2D eigenvalue weighted by Crippen LogP contribution is 2.28. The molecule has 28 heavy (non-hydrogen) atoms. The highest BCUT2D eigenvalue weighted by atomic mass is 14.8. The van der Waals surface area contributed by atoms with E-state index >= 15 is 0 Å². The maximum absolute atomic E-state index is 4.47. The van der Waals surface area contributed by atoms with Crippen molar-refractivity contribution in [3.05, 3.63) is 24.3 Å². The molecule has 1 N–H and O–H groups in total. The molecule has 0 heterocycles. The van der Waals surface area contributed by atoms with Crippen molar-refractivity contribution in [3.63, 3.8) is 0 Å². The van der Waals surface area contributed by atoms with Crippen molar-refractivity contribution in [2.24, 2.45) is 23.7 Å². The third kappa shape index (κ3) is 12.1. The van der Waals surface area contributed by atoms with Crippen LogP contribution in [0.2, 0.25) is 0 Å². The van der Waals surface area contributed by atoms with Crippen molar-refractivity contribution >= 4 is 0 Å². The van der Waals surface area contributed by atoms with Gasteiger partial charge in [0, 0.05) is 6.54 Å². The molecule has 0 spiro atoms. The van der Waals surface area contributed by atoms with Gasteiger partial charge < -0.3 is 5.32 Å². The molecular weight excluding hydrogens is 338 g/mol. The molecule has 0 radical (unpaired) electrons. The standard InChI is InChI=1S/C27H53N/c1-9-11-17-22(3)25(6)23(4)18-15-13-14-16-19-24(5)26(7)27(21-28-8)20-12-10-2/h22-24,27-28H,6-7,9-21H2,1-5,8H3. The van der Waals surface area contributed by atoms with Gasteiger partial charge in [-0.1, -0.05) is 110 Å². The van der Waals surface area contributed by atoms with Crippen molar-refractivity contribution in [3.8, 4) is 0 Å². The smallest absolute Gasteiger partial charge is 0.00138 e. The van der Waals surface area contributed by atoms with Gasteiger partial charge in [0.25, 0.3) is 0 Å². The van der Waals surface area contributed by atoms with Crippen LogP contribution in [-0.4, -0.2) is 13.6 Å². The summed E-state index contributed by atoms with van der Waals surface area (Å²) >= 11 is 0. The molecule has 1 heteroatoms. The predicted molar refractivity (Wildman–Crippen MR) is 130 cm³/mol. The minimum absolute atomic E-state index is 0.654. The Balaban J connectivity index is 3.99. The summed E-state index contributed by atoms with van der Waals surface area (Å²) in [5.41, 5.74) is 2.97. The first-order valence-electron chi connectivity index (χ1n) is 12.4. The molecule has 0 saturated carbocycles. The van der Waals surface area contributed by atoms with E-state index in [-0.39, 0.29) is 0 Å². The zero-order valence-corrected chi connectivity index (χ0v) is 20.4. The number of nitrogens with one attached hydrogen (secondary N) is 1. The van der Waals surface area contributed by atoms with Crippen molar-refractivity contribution in [2.45, 2.75) is 112 Å². The van der Waals surface area contributed by atoms with Crippen LogP contribution < -0.4 is 5.32 Å². The molecule has 0 aliphatic carbocycles. The van der Waals surface area contributed by atoms with Gasteiger partial charge in [-0.25, -0.2) is 0 Å². The summed E-state index contributed by atoms with van der Waals surface area (Å²) < 4.78 is 0. The Bertz CT molecular complexity index is 397. The minimum atomic E-state index is 0.654. The fourth-order valence-electron chi connectivity index (χ4n) is 4.32. The average Bonchev–Trinajstić information content (AvgIpc) is 2.70. The van der Waals surface area contributed by atoms with E-state index in [0.717, 1.165) is 6.54 Å². The molecule has 0 aliphatic heterocycles. The third-order valence-corrected chi connectivity index (χ3v) is 6.79. The maximum Gasteiger partial charge on any atom is 0.00138 e. The Labute approximate surface area is 178 Å². The normalized spacial score (nSPS) is 15.8. The van der Waals surface area contributed by atoms with Crippen LogP contribution in [0.15, 0.2) is 24.3 Å². The minimum Gasteiger partial charge on any atom is -0.319 e. The predicted octanol–water partition coefficient (Wildman–Crippen LogP) is 8.56. The third-order valence-electron chi connectivity index (χ3n) is 6.79. The molecule has 4 unspecified atom stereocenters. The van der Waals surface area contributed by atoms with Gasteiger partial charge >= 0.3 is 0 Å². The first-order chi connectivity index (χ1) is 13.4. The number of rotatable bonds is 19. The van der Waals surface area contributed by atoms with Gasteiger partial charge in [-0.15, -0.1) is 0 Å². The molecule has 0 amide bonds. The maximum atomic E-state index is 4.47. The zero-order chi connectivity index (χ0) is 21.4. The second-order valence-electron chi connectivity index (χ2n) is 9.38. The molecule has 4 atom stereocenters. The Morgan fingerprint density at radius 3 is 1.54 bits per heavy atom. The highest BCUT2D eigenvalue weighted by Gasteiger charge is 2.17. The molecule has 0 rings (SSSR count). The average molecular weight is 392 g/mol. The summed E-state index contributed by atoms with van der Waals surface area (Å²) in [6, 6.07) is 0. The number of unbranched alkanes of at least 4 members (excludes halogenated alkanes) is 5. The summed E-state index contributed by atoms with van der Waals surface area (Å²) in [5.74, 6) is 2.70. The lowest BCUT2D eigenvalue weighted by Gasteiger charge is -2.24. The summed E-state index contributed by atoms with van der Waals surface area (Å²) in [5, 5.41) is 3.37. The van der Waals surface area contributed by atoms with E-state index in [2.05, 4.69) is 60.1 Å². The monoisotopic (exact) mass is 391 g/mol. The van der Waals surface area contributed by atoms with Gasteiger partial charge in [0.1, 0.15) is 0 Å². The molecule has 0 aromatic carbocycles. The first kappa shape index (κ1) is 27.4. The topological polar surface area (TPSA) is 12.0 Å².